The SMILES string of the molecule is C[C@@]1(S(=O)(=O)c2ccccc2)C=CC(=O)CC1. The molecule has 3 nitrogen and oxygen atoms in total. The normalized spacial score (nSPS) is 24.9. The minimum absolute atomic E-state index is 0.00858. The highest BCUT2D eigenvalue weighted by Crippen LogP contribution is 2.33. The van der Waals surface area contributed by atoms with Gasteiger partial charge in [0.2, 0.25) is 0 Å². The monoisotopic (exact) mass is 250 g/mol. The molecule has 1 aromatic rings. The molecule has 0 N–H and O–H groups in total. The Morgan fingerprint density at radius 3 is 2.35 bits per heavy atom. The predicted octanol–water partition coefficient (Wildman–Crippen LogP) is 2.14. The summed E-state index contributed by atoms with van der Waals surface area (Å²) >= 11 is 0. The van der Waals surface area contributed by atoms with Gasteiger partial charge in [-0.2, -0.15) is 0 Å². The van der Waals surface area contributed by atoms with Gasteiger partial charge in [0.1, 0.15) is 0 Å². The Balaban J connectivity index is 2.47. The third-order valence-corrected chi connectivity index (χ3v) is 5.62. The van der Waals surface area contributed by atoms with Crippen LogP contribution < -0.4 is 0 Å². The number of carbonyl (C=O) groups is 1. The fraction of sp³-hybridized carbons (Fsp3) is 0.308. The van der Waals surface area contributed by atoms with E-state index >= 15 is 0 Å². The van der Waals surface area contributed by atoms with E-state index in [0.717, 1.165) is 0 Å². The quantitative estimate of drug-likeness (QED) is 0.808. The first-order valence-electron chi connectivity index (χ1n) is 5.47. The Morgan fingerprint density at radius 1 is 1.18 bits per heavy atom. The van der Waals surface area contributed by atoms with Gasteiger partial charge in [-0.05, 0) is 31.6 Å². The Kier molecular flexibility index (Phi) is 2.91. The molecule has 2 rings (SSSR count). The average Bonchev–Trinajstić information content (AvgIpc) is 2.34. The molecular weight excluding hydrogens is 236 g/mol. The van der Waals surface area contributed by atoms with E-state index in [0.29, 0.717) is 17.7 Å². The summed E-state index contributed by atoms with van der Waals surface area (Å²) in [5, 5.41) is 0. The van der Waals surface area contributed by atoms with Crippen molar-refractivity contribution in [2.24, 2.45) is 0 Å². The standard InChI is InChI=1S/C13H14O3S/c1-13(9-7-11(14)8-10-13)17(15,16)12-5-3-2-4-6-12/h2-7,9H,8,10H2,1H3/t13-/m1/s1. The molecule has 0 saturated heterocycles. The molecule has 0 unspecified atom stereocenters. The zero-order chi connectivity index (χ0) is 12.5. The van der Waals surface area contributed by atoms with Crippen LogP contribution in [0.15, 0.2) is 47.4 Å². The molecular formula is C13H14O3S. The Hall–Kier alpha value is -1.42. The van der Waals surface area contributed by atoms with Crippen molar-refractivity contribution in [2.75, 3.05) is 0 Å². The van der Waals surface area contributed by atoms with Gasteiger partial charge in [0.05, 0.1) is 9.64 Å². The number of rotatable bonds is 2. The van der Waals surface area contributed by atoms with Crippen molar-refractivity contribution < 1.29 is 13.2 Å². The van der Waals surface area contributed by atoms with Crippen LogP contribution >= 0.6 is 0 Å². The van der Waals surface area contributed by atoms with Gasteiger partial charge in [-0.15, -0.1) is 0 Å². The second-order valence-corrected chi connectivity index (χ2v) is 6.84. The van der Waals surface area contributed by atoms with Crippen molar-refractivity contribution in [3.05, 3.63) is 42.5 Å². The molecule has 4 heteroatoms. The van der Waals surface area contributed by atoms with Gasteiger partial charge >= 0.3 is 0 Å². The van der Waals surface area contributed by atoms with E-state index in [-0.39, 0.29) is 5.78 Å². The van der Waals surface area contributed by atoms with Crippen molar-refractivity contribution in [2.45, 2.75) is 29.4 Å². The van der Waals surface area contributed by atoms with E-state index in [1.807, 2.05) is 0 Å². The molecule has 0 aromatic heterocycles. The lowest BCUT2D eigenvalue weighted by Gasteiger charge is -2.28. The van der Waals surface area contributed by atoms with Gasteiger partial charge in [0.15, 0.2) is 15.6 Å². The van der Waals surface area contributed by atoms with Gasteiger partial charge in [0.25, 0.3) is 0 Å². The van der Waals surface area contributed by atoms with E-state index in [9.17, 15) is 13.2 Å². The Morgan fingerprint density at radius 2 is 1.82 bits per heavy atom. The number of carbonyl (C=O) groups excluding carboxylic acids is 1. The summed E-state index contributed by atoms with van der Waals surface area (Å²) in [4.78, 5) is 11.4. The highest BCUT2D eigenvalue weighted by molar-refractivity contribution is 7.93. The number of allylic oxidation sites excluding steroid dienone is 1. The number of hydrogen-bond acceptors (Lipinski definition) is 3. The first kappa shape index (κ1) is 12.0. The maximum absolute atomic E-state index is 12.5. The number of ketones is 1. The molecule has 0 bridgehead atoms. The first-order valence-corrected chi connectivity index (χ1v) is 6.96. The van der Waals surface area contributed by atoms with Crippen LogP contribution in [0.1, 0.15) is 19.8 Å². The van der Waals surface area contributed by atoms with Gasteiger partial charge in [0, 0.05) is 6.42 Å². The third kappa shape index (κ3) is 2.05. The van der Waals surface area contributed by atoms with Gasteiger partial charge in [-0.3, -0.25) is 4.79 Å². The Labute approximate surface area is 101 Å². The van der Waals surface area contributed by atoms with Crippen molar-refractivity contribution in [1.82, 2.24) is 0 Å². The average molecular weight is 250 g/mol. The molecule has 90 valence electrons. The van der Waals surface area contributed by atoms with Crippen LogP contribution in [0, 0.1) is 0 Å². The summed E-state index contributed by atoms with van der Waals surface area (Å²) in [5.41, 5.74) is 0. The van der Waals surface area contributed by atoms with Gasteiger partial charge in [-0.1, -0.05) is 24.3 Å². The second kappa shape index (κ2) is 4.11. The summed E-state index contributed by atoms with van der Waals surface area (Å²) in [6, 6.07) is 8.36. The lowest BCUT2D eigenvalue weighted by atomic mass is 9.96. The summed E-state index contributed by atoms with van der Waals surface area (Å²) in [7, 11) is -3.42. The summed E-state index contributed by atoms with van der Waals surface area (Å²) in [6.45, 7) is 1.66. The van der Waals surface area contributed by atoms with E-state index in [4.69, 9.17) is 0 Å². The fourth-order valence-electron chi connectivity index (χ4n) is 1.90. The molecule has 0 saturated carbocycles. The molecule has 0 heterocycles. The van der Waals surface area contributed by atoms with E-state index < -0.39 is 14.6 Å². The number of hydrogen-bond donors (Lipinski definition) is 0. The van der Waals surface area contributed by atoms with Crippen LogP contribution in [0.3, 0.4) is 0 Å². The molecule has 0 aliphatic heterocycles. The van der Waals surface area contributed by atoms with Crippen molar-refractivity contribution in [3.8, 4) is 0 Å². The molecule has 0 radical (unpaired) electrons. The fourth-order valence-corrected chi connectivity index (χ4v) is 3.57. The number of sulfone groups is 1. The van der Waals surface area contributed by atoms with E-state index in [1.54, 1.807) is 37.3 Å². The van der Waals surface area contributed by atoms with E-state index in [2.05, 4.69) is 0 Å². The smallest absolute Gasteiger partial charge is 0.187 e. The molecule has 1 atom stereocenters. The minimum atomic E-state index is -3.42. The van der Waals surface area contributed by atoms with Crippen LogP contribution in [-0.4, -0.2) is 18.9 Å². The highest BCUT2D eigenvalue weighted by Gasteiger charge is 2.39. The molecule has 1 aromatic carbocycles. The second-order valence-electron chi connectivity index (χ2n) is 4.43. The van der Waals surface area contributed by atoms with Gasteiger partial charge in [-0.25, -0.2) is 8.42 Å². The molecule has 1 aliphatic rings. The molecule has 0 fully saturated rings. The maximum atomic E-state index is 12.5. The zero-order valence-electron chi connectivity index (χ0n) is 9.59. The summed E-state index contributed by atoms with van der Waals surface area (Å²) in [6.07, 6.45) is 3.53. The lowest BCUT2D eigenvalue weighted by molar-refractivity contribution is -0.115. The van der Waals surface area contributed by atoms with Crippen molar-refractivity contribution in [3.63, 3.8) is 0 Å². The molecule has 0 amide bonds. The first-order chi connectivity index (χ1) is 7.96. The van der Waals surface area contributed by atoms with Crippen LogP contribution in [-0.2, 0) is 14.6 Å². The summed E-state index contributed by atoms with van der Waals surface area (Å²) < 4.78 is 23.9. The van der Waals surface area contributed by atoms with Gasteiger partial charge < -0.3 is 0 Å². The maximum Gasteiger partial charge on any atom is 0.187 e. The molecule has 1 aliphatic carbocycles. The largest absolute Gasteiger partial charge is 0.295 e. The number of benzene rings is 1. The van der Waals surface area contributed by atoms with E-state index in [1.165, 1.54) is 12.2 Å². The zero-order valence-corrected chi connectivity index (χ0v) is 10.4. The lowest BCUT2D eigenvalue weighted by Crippen LogP contribution is -2.36. The van der Waals surface area contributed by atoms with Crippen LogP contribution in [0.5, 0.6) is 0 Å². The van der Waals surface area contributed by atoms with Crippen LogP contribution in [0.4, 0.5) is 0 Å². The van der Waals surface area contributed by atoms with Crippen LogP contribution in [0.2, 0.25) is 0 Å². The topological polar surface area (TPSA) is 51.2 Å². The summed E-state index contributed by atoms with van der Waals surface area (Å²) in [5.74, 6) is -0.00858. The highest BCUT2D eigenvalue weighted by atomic mass is 32.2. The van der Waals surface area contributed by atoms with Crippen LogP contribution in [0.25, 0.3) is 0 Å². The molecule has 17 heavy (non-hydrogen) atoms. The third-order valence-electron chi connectivity index (χ3n) is 3.16. The van der Waals surface area contributed by atoms with Crippen molar-refractivity contribution in [1.29, 1.82) is 0 Å². The Bertz CT molecular complexity index is 558. The molecule has 0 spiro atoms. The van der Waals surface area contributed by atoms with Crippen molar-refractivity contribution >= 4 is 15.6 Å². The predicted molar refractivity (Wildman–Crippen MR) is 65.4 cm³/mol. The minimum Gasteiger partial charge on any atom is -0.295 e.